The van der Waals surface area contributed by atoms with Crippen LogP contribution in [0.3, 0.4) is 0 Å². The molecule has 0 atom stereocenters. The van der Waals surface area contributed by atoms with Gasteiger partial charge in [0, 0.05) is 22.7 Å². The van der Waals surface area contributed by atoms with Crippen LogP contribution in [-0.4, -0.2) is 19.1 Å². The number of benzene rings is 3. The van der Waals surface area contributed by atoms with E-state index >= 15 is 0 Å². The van der Waals surface area contributed by atoms with Gasteiger partial charge >= 0.3 is 0 Å². The molecule has 1 N–H and O–H groups in total. The second-order valence-electron chi connectivity index (χ2n) is 7.24. The van der Waals surface area contributed by atoms with Crippen LogP contribution in [0, 0.1) is 0 Å². The van der Waals surface area contributed by atoms with Gasteiger partial charge in [0.2, 0.25) is 0 Å². The van der Waals surface area contributed by atoms with Gasteiger partial charge in [-0.2, -0.15) is 0 Å². The van der Waals surface area contributed by atoms with Crippen molar-refractivity contribution in [2.45, 2.75) is 33.1 Å². The molecule has 3 aromatic rings. The fourth-order valence-corrected chi connectivity index (χ4v) is 3.13. The van der Waals surface area contributed by atoms with Crippen molar-refractivity contribution in [2.24, 2.45) is 0 Å². The van der Waals surface area contributed by atoms with Crippen LogP contribution in [0.4, 0.5) is 0 Å². The van der Waals surface area contributed by atoms with Gasteiger partial charge in [-0.25, -0.2) is 0 Å². The number of rotatable bonds is 9. The Morgan fingerprint density at radius 2 is 1.74 bits per heavy atom. The van der Waals surface area contributed by atoms with Gasteiger partial charge in [0.1, 0.15) is 12.4 Å². The van der Waals surface area contributed by atoms with E-state index in [1.807, 2.05) is 56.3 Å². The first-order valence-electron chi connectivity index (χ1n) is 10.0. The zero-order chi connectivity index (χ0) is 22.2. The molecule has 1 amide bonds. The fourth-order valence-electron chi connectivity index (χ4n) is 2.94. The normalized spacial score (nSPS) is 10.6. The first-order valence-corrected chi connectivity index (χ1v) is 10.4. The van der Waals surface area contributed by atoms with Crippen molar-refractivity contribution >= 4 is 17.5 Å². The lowest BCUT2D eigenvalue weighted by Crippen LogP contribution is -2.22. The van der Waals surface area contributed by atoms with E-state index in [-0.39, 0.29) is 12.0 Å². The highest BCUT2D eigenvalue weighted by Crippen LogP contribution is 2.29. The van der Waals surface area contributed by atoms with E-state index in [9.17, 15) is 4.79 Å². The Morgan fingerprint density at radius 3 is 2.42 bits per heavy atom. The molecule has 0 aliphatic carbocycles. The second-order valence-corrected chi connectivity index (χ2v) is 7.65. The summed E-state index contributed by atoms with van der Waals surface area (Å²) in [7, 11) is 1.60. The molecule has 162 valence electrons. The number of nitrogens with one attached hydrogen (secondary N) is 1. The van der Waals surface area contributed by atoms with E-state index in [1.54, 1.807) is 31.4 Å². The zero-order valence-electron chi connectivity index (χ0n) is 17.9. The maximum atomic E-state index is 12.5. The molecule has 31 heavy (non-hydrogen) atoms. The number of methoxy groups -OCH3 is 1. The average molecular weight is 440 g/mol. The lowest BCUT2D eigenvalue weighted by atomic mass is 10.1. The Kier molecular flexibility index (Phi) is 7.79. The topological polar surface area (TPSA) is 56.8 Å². The molecule has 3 aromatic carbocycles. The van der Waals surface area contributed by atoms with Crippen molar-refractivity contribution in [3.63, 3.8) is 0 Å². The first-order chi connectivity index (χ1) is 15.0. The van der Waals surface area contributed by atoms with Crippen LogP contribution in [-0.2, 0) is 13.2 Å². The third-order valence-corrected chi connectivity index (χ3v) is 4.88. The number of amides is 1. The van der Waals surface area contributed by atoms with Crippen molar-refractivity contribution in [1.82, 2.24) is 5.32 Å². The van der Waals surface area contributed by atoms with E-state index in [2.05, 4.69) is 5.32 Å². The lowest BCUT2D eigenvalue weighted by Gasteiger charge is -2.15. The Morgan fingerprint density at radius 1 is 1.00 bits per heavy atom. The molecule has 6 heteroatoms. The summed E-state index contributed by atoms with van der Waals surface area (Å²) in [5.41, 5.74) is 2.38. The van der Waals surface area contributed by atoms with Gasteiger partial charge in [-0.3, -0.25) is 4.79 Å². The molecule has 0 aromatic heterocycles. The summed E-state index contributed by atoms with van der Waals surface area (Å²) in [6, 6.07) is 20.2. The summed E-state index contributed by atoms with van der Waals surface area (Å²) in [4.78, 5) is 12.5. The molecular weight excluding hydrogens is 414 g/mol. The monoisotopic (exact) mass is 439 g/mol. The Labute approximate surface area is 187 Å². The van der Waals surface area contributed by atoms with Crippen molar-refractivity contribution in [3.05, 3.63) is 88.4 Å². The van der Waals surface area contributed by atoms with Gasteiger partial charge in [0.15, 0.2) is 11.5 Å². The standard InChI is InChI=1S/C25H26ClNO4/c1-17(2)31-23-13-8-18(14-24(23)29-3)15-27-25(28)19-9-11-21(12-10-19)30-16-20-6-4-5-7-22(20)26/h4-14,17H,15-16H2,1-3H3,(H,27,28). The van der Waals surface area contributed by atoms with E-state index in [0.29, 0.717) is 41.0 Å². The van der Waals surface area contributed by atoms with Crippen LogP contribution in [0.2, 0.25) is 5.02 Å². The molecule has 0 unspecified atom stereocenters. The lowest BCUT2D eigenvalue weighted by molar-refractivity contribution is 0.0951. The summed E-state index contributed by atoms with van der Waals surface area (Å²) < 4.78 is 16.9. The second kappa shape index (κ2) is 10.7. The molecular formula is C25H26ClNO4. The van der Waals surface area contributed by atoms with E-state index in [1.165, 1.54) is 0 Å². The highest BCUT2D eigenvalue weighted by Gasteiger charge is 2.10. The SMILES string of the molecule is COc1cc(CNC(=O)c2ccc(OCc3ccccc3Cl)cc2)ccc1OC(C)C. The predicted octanol–water partition coefficient (Wildman–Crippen LogP) is 5.64. The van der Waals surface area contributed by atoms with Crippen molar-refractivity contribution in [1.29, 1.82) is 0 Å². The highest BCUT2D eigenvalue weighted by atomic mass is 35.5. The minimum atomic E-state index is -0.167. The summed E-state index contributed by atoms with van der Waals surface area (Å²) in [6.07, 6.45) is 0.0519. The third kappa shape index (κ3) is 6.40. The zero-order valence-corrected chi connectivity index (χ0v) is 18.6. The molecule has 0 bridgehead atoms. The molecule has 0 aliphatic rings. The molecule has 0 aliphatic heterocycles. The Bertz CT molecular complexity index is 1020. The average Bonchev–Trinajstić information content (AvgIpc) is 2.77. The highest BCUT2D eigenvalue weighted by molar-refractivity contribution is 6.31. The maximum Gasteiger partial charge on any atom is 0.251 e. The van der Waals surface area contributed by atoms with E-state index in [4.69, 9.17) is 25.8 Å². The van der Waals surface area contributed by atoms with Gasteiger partial charge in [-0.15, -0.1) is 0 Å². The molecule has 0 spiro atoms. The number of hydrogen-bond acceptors (Lipinski definition) is 4. The van der Waals surface area contributed by atoms with Crippen molar-refractivity contribution < 1.29 is 19.0 Å². The molecule has 0 saturated carbocycles. The summed E-state index contributed by atoms with van der Waals surface area (Å²) in [5.74, 6) is 1.82. The van der Waals surface area contributed by atoms with Gasteiger partial charge in [-0.1, -0.05) is 35.9 Å². The van der Waals surface area contributed by atoms with Gasteiger partial charge < -0.3 is 19.5 Å². The molecule has 5 nitrogen and oxygen atoms in total. The van der Waals surface area contributed by atoms with Crippen LogP contribution in [0.25, 0.3) is 0 Å². The molecule has 0 fully saturated rings. The fraction of sp³-hybridized carbons (Fsp3) is 0.240. The number of carbonyl (C=O) groups excluding carboxylic acids is 1. The first kappa shape index (κ1) is 22.5. The van der Waals surface area contributed by atoms with Crippen LogP contribution < -0.4 is 19.5 Å². The number of ether oxygens (including phenoxy) is 3. The largest absolute Gasteiger partial charge is 0.493 e. The predicted molar refractivity (Wildman–Crippen MR) is 122 cm³/mol. The van der Waals surface area contributed by atoms with Crippen LogP contribution in [0.15, 0.2) is 66.7 Å². The van der Waals surface area contributed by atoms with Crippen LogP contribution >= 0.6 is 11.6 Å². The summed E-state index contributed by atoms with van der Waals surface area (Å²) in [5, 5.41) is 3.58. The molecule has 3 rings (SSSR count). The maximum absolute atomic E-state index is 12.5. The molecule has 0 radical (unpaired) electrons. The smallest absolute Gasteiger partial charge is 0.251 e. The van der Waals surface area contributed by atoms with Gasteiger partial charge in [-0.05, 0) is 61.9 Å². The summed E-state index contributed by atoms with van der Waals surface area (Å²) in [6.45, 7) is 4.66. The van der Waals surface area contributed by atoms with Gasteiger partial charge in [0.25, 0.3) is 5.91 Å². The van der Waals surface area contributed by atoms with E-state index in [0.717, 1.165) is 11.1 Å². The van der Waals surface area contributed by atoms with E-state index < -0.39 is 0 Å². The minimum Gasteiger partial charge on any atom is -0.493 e. The molecule has 0 saturated heterocycles. The van der Waals surface area contributed by atoms with Crippen molar-refractivity contribution in [3.8, 4) is 17.2 Å². The van der Waals surface area contributed by atoms with Crippen LogP contribution in [0.5, 0.6) is 17.2 Å². The summed E-state index contributed by atoms with van der Waals surface area (Å²) >= 11 is 6.14. The number of carbonyl (C=O) groups is 1. The number of hydrogen-bond donors (Lipinski definition) is 1. The quantitative estimate of drug-likeness (QED) is 0.468. The third-order valence-electron chi connectivity index (χ3n) is 4.51. The number of halogens is 1. The van der Waals surface area contributed by atoms with Crippen LogP contribution in [0.1, 0.15) is 35.3 Å². The van der Waals surface area contributed by atoms with Gasteiger partial charge in [0.05, 0.1) is 13.2 Å². The van der Waals surface area contributed by atoms with Crippen molar-refractivity contribution in [2.75, 3.05) is 7.11 Å². The molecule has 0 heterocycles. The Balaban J connectivity index is 1.55. The Hall–Kier alpha value is -3.18. The minimum absolute atomic E-state index is 0.0519.